The maximum absolute atomic E-state index is 12.9. The van der Waals surface area contributed by atoms with Crippen molar-refractivity contribution in [3.63, 3.8) is 0 Å². The molecule has 0 amide bonds. The van der Waals surface area contributed by atoms with Crippen LogP contribution in [-0.4, -0.2) is 29.2 Å². The molecule has 154 valence electrons. The summed E-state index contributed by atoms with van der Waals surface area (Å²) in [5, 5.41) is 8.03. The van der Waals surface area contributed by atoms with Crippen molar-refractivity contribution in [2.75, 3.05) is 5.75 Å². The fraction of sp³-hybridized carbons (Fsp3) is 0.143. The number of benzene rings is 3. The van der Waals surface area contributed by atoms with Crippen LogP contribution in [0.4, 0.5) is 4.39 Å². The quantitative estimate of drug-likeness (QED) is 0.466. The Labute approximate surface area is 173 Å². The lowest BCUT2D eigenvalue weighted by Gasteiger charge is -2.09. The van der Waals surface area contributed by atoms with Crippen LogP contribution in [0.5, 0.6) is 11.5 Å². The maximum atomic E-state index is 12.9. The molecule has 1 N–H and O–H groups in total. The molecule has 0 aliphatic heterocycles. The first-order chi connectivity index (χ1) is 14.5. The second-order valence-electron chi connectivity index (χ2n) is 6.64. The van der Waals surface area contributed by atoms with Gasteiger partial charge in [0.1, 0.15) is 22.8 Å². The van der Waals surface area contributed by atoms with Crippen LogP contribution in [0.3, 0.4) is 0 Å². The van der Waals surface area contributed by atoms with E-state index in [4.69, 9.17) is 4.74 Å². The monoisotopic (exact) mass is 426 g/mol. The van der Waals surface area contributed by atoms with Crippen molar-refractivity contribution in [3.05, 3.63) is 84.2 Å². The molecule has 4 rings (SSSR count). The van der Waals surface area contributed by atoms with Gasteiger partial charge in [-0.15, -0.1) is 5.10 Å². The Balaban J connectivity index is 1.31. The van der Waals surface area contributed by atoms with Crippen molar-refractivity contribution in [3.8, 4) is 11.5 Å². The van der Waals surface area contributed by atoms with E-state index in [0.29, 0.717) is 11.5 Å². The highest BCUT2D eigenvalue weighted by atomic mass is 32.2. The second kappa shape index (κ2) is 8.60. The molecule has 7 nitrogen and oxygen atoms in total. The Kier molecular flexibility index (Phi) is 5.73. The molecule has 3 aromatic carbocycles. The lowest BCUT2D eigenvalue weighted by molar-refractivity contribution is 0.480. The number of aromatic nitrogens is 3. The Morgan fingerprint density at radius 3 is 2.33 bits per heavy atom. The van der Waals surface area contributed by atoms with Gasteiger partial charge in [-0.3, -0.25) is 0 Å². The van der Waals surface area contributed by atoms with Crippen molar-refractivity contribution in [1.29, 1.82) is 0 Å². The normalized spacial score (nSPS) is 11.6. The highest BCUT2D eigenvalue weighted by molar-refractivity contribution is 7.89. The zero-order valence-corrected chi connectivity index (χ0v) is 16.7. The van der Waals surface area contributed by atoms with Crippen LogP contribution in [0.2, 0.25) is 0 Å². The van der Waals surface area contributed by atoms with E-state index >= 15 is 0 Å². The standard InChI is InChI=1S/C21H19FN4O3S/c22-17-7-11-19(12-8-17)29-18-9-5-16(6-10-18)15-23-30(27,28)14-13-26-21-4-2-1-3-20(21)24-25-26/h1-12,23H,13-15H2. The van der Waals surface area contributed by atoms with Gasteiger partial charge in [-0.25, -0.2) is 22.2 Å². The number of fused-ring (bicyclic) bond motifs is 1. The minimum atomic E-state index is -3.49. The van der Waals surface area contributed by atoms with E-state index in [0.717, 1.165) is 16.6 Å². The predicted octanol–water partition coefficient (Wildman–Crippen LogP) is 3.48. The van der Waals surface area contributed by atoms with Crippen LogP contribution in [0, 0.1) is 5.82 Å². The van der Waals surface area contributed by atoms with Crippen LogP contribution in [0.25, 0.3) is 11.0 Å². The molecule has 0 atom stereocenters. The summed E-state index contributed by atoms with van der Waals surface area (Å²) in [6.45, 7) is 0.373. The molecule has 1 heterocycles. The van der Waals surface area contributed by atoms with Gasteiger partial charge in [0, 0.05) is 6.54 Å². The molecule has 30 heavy (non-hydrogen) atoms. The van der Waals surface area contributed by atoms with E-state index in [1.54, 1.807) is 28.9 Å². The van der Waals surface area contributed by atoms with Gasteiger partial charge in [0.15, 0.2) is 0 Å². The molecule has 4 aromatic rings. The third-order valence-corrected chi connectivity index (χ3v) is 5.77. The number of hydrogen-bond acceptors (Lipinski definition) is 5. The molecule has 0 spiro atoms. The highest BCUT2D eigenvalue weighted by Gasteiger charge is 2.12. The van der Waals surface area contributed by atoms with Crippen LogP contribution in [0.15, 0.2) is 72.8 Å². The van der Waals surface area contributed by atoms with Gasteiger partial charge < -0.3 is 4.74 Å². The smallest absolute Gasteiger partial charge is 0.213 e. The van der Waals surface area contributed by atoms with Crippen molar-refractivity contribution in [2.24, 2.45) is 0 Å². The Morgan fingerprint density at radius 2 is 1.60 bits per heavy atom. The molecular weight excluding hydrogens is 407 g/mol. The number of halogens is 1. The van der Waals surface area contributed by atoms with Gasteiger partial charge in [0.05, 0.1) is 17.8 Å². The first-order valence-corrected chi connectivity index (χ1v) is 10.9. The third kappa shape index (κ3) is 5.00. The zero-order chi connectivity index (χ0) is 21.0. The second-order valence-corrected chi connectivity index (χ2v) is 8.57. The van der Waals surface area contributed by atoms with Crippen molar-refractivity contribution < 1.29 is 17.5 Å². The van der Waals surface area contributed by atoms with E-state index in [1.165, 1.54) is 24.3 Å². The number of nitrogens with zero attached hydrogens (tertiary/aromatic N) is 3. The van der Waals surface area contributed by atoms with Gasteiger partial charge in [-0.05, 0) is 54.1 Å². The average Bonchev–Trinajstić information content (AvgIpc) is 3.17. The maximum Gasteiger partial charge on any atom is 0.213 e. The van der Waals surface area contributed by atoms with E-state index in [2.05, 4.69) is 15.0 Å². The van der Waals surface area contributed by atoms with Crippen LogP contribution >= 0.6 is 0 Å². The molecule has 0 fully saturated rings. The summed E-state index contributed by atoms with van der Waals surface area (Å²) in [6, 6.07) is 20.1. The van der Waals surface area contributed by atoms with Crippen molar-refractivity contribution in [1.82, 2.24) is 19.7 Å². The van der Waals surface area contributed by atoms with Gasteiger partial charge >= 0.3 is 0 Å². The van der Waals surface area contributed by atoms with E-state index in [9.17, 15) is 12.8 Å². The molecular formula is C21H19FN4O3S. The van der Waals surface area contributed by atoms with Gasteiger partial charge in [0.25, 0.3) is 0 Å². The number of ether oxygens (including phenoxy) is 1. The number of nitrogens with one attached hydrogen (secondary N) is 1. The topological polar surface area (TPSA) is 86.1 Å². The number of hydrogen-bond donors (Lipinski definition) is 1. The van der Waals surface area contributed by atoms with Gasteiger partial charge in [-0.2, -0.15) is 0 Å². The van der Waals surface area contributed by atoms with Crippen LogP contribution < -0.4 is 9.46 Å². The van der Waals surface area contributed by atoms with Crippen LogP contribution in [0.1, 0.15) is 5.56 Å². The fourth-order valence-corrected chi connectivity index (χ4v) is 3.81. The number of para-hydroxylation sites is 1. The van der Waals surface area contributed by atoms with E-state index in [1.807, 2.05) is 24.3 Å². The number of sulfonamides is 1. The summed E-state index contributed by atoms with van der Waals surface area (Å²) < 4.78 is 47.4. The SMILES string of the molecule is O=S(=O)(CCn1nnc2ccccc21)NCc1ccc(Oc2ccc(F)cc2)cc1. The van der Waals surface area contributed by atoms with E-state index in [-0.39, 0.29) is 24.7 Å². The van der Waals surface area contributed by atoms with Crippen molar-refractivity contribution >= 4 is 21.1 Å². The zero-order valence-electron chi connectivity index (χ0n) is 15.9. The summed E-state index contributed by atoms with van der Waals surface area (Å²) in [7, 11) is -3.49. The number of aryl methyl sites for hydroxylation is 1. The summed E-state index contributed by atoms with van der Waals surface area (Å²) in [4.78, 5) is 0. The number of rotatable bonds is 8. The Hall–Kier alpha value is -3.30. The molecule has 1 aromatic heterocycles. The average molecular weight is 426 g/mol. The minimum absolute atomic E-state index is 0.105. The fourth-order valence-electron chi connectivity index (χ4n) is 2.87. The van der Waals surface area contributed by atoms with E-state index < -0.39 is 10.0 Å². The lowest BCUT2D eigenvalue weighted by Crippen LogP contribution is -2.28. The third-order valence-electron chi connectivity index (χ3n) is 4.46. The first kappa shape index (κ1) is 20.0. The van der Waals surface area contributed by atoms with Crippen LogP contribution in [-0.2, 0) is 23.1 Å². The van der Waals surface area contributed by atoms with Crippen molar-refractivity contribution in [2.45, 2.75) is 13.1 Å². The Bertz CT molecular complexity index is 1240. The molecule has 0 aliphatic carbocycles. The molecule has 0 saturated heterocycles. The minimum Gasteiger partial charge on any atom is -0.457 e. The molecule has 0 bridgehead atoms. The molecule has 0 unspecified atom stereocenters. The molecule has 0 saturated carbocycles. The van der Waals surface area contributed by atoms with Gasteiger partial charge in [-0.1, -0.05) is 29.5 Å². The molecule has 0 radical (unpaired) electrons. The molecule has 0 aliphatic rings. The largest absolute Gasteiger partial charge is 0.457 e. The molecule has 9 heteroatoms. The lowest BCUT2D eigenvalue weighted by atomic mass is 10.2. The summed E-state index contributed by atoms with van der Waals surface area (Å²) in [6.07, 6.45) is 0. The summed E-state index contributed by atoms with van der Waals surface area (Å²) >= 11 is 0. The predicted molar refractivity (Wildman–Crippen MR) is 111 cm³/mol. The Morgan fingerprint density at radius 1 is 0.933 bits per heavy atom. The summed E-state index contributed by atoms with van der Waals surface area (Å²) in [5.41, 5.74) is 2.31. The first-order valence-electron chi connectivity index (χ1n) is 9.26. The summed E-state index contributed by atoms with van der Waals surface area (Å²) in [5.74, 6) is 0.658. The van der Waals surface area contributed by atoms with Gasteiger partial charge in [0.2, 0.25) is 10.0 Å². The highest BCUT2D eigenvalue weighted by Crippen LogP contribution is 2.22.